The summed E-state index contributed by atoms with van der Waals surface area (Å²) in [4.78, 5) is 0. The normalized spacial score (nSPS) is 10.6. The molecule has 0 unspecified atom stereocenters. The minimum atomic E-state index is -0.654. The summed E-state index contributed by atoms with van der Waals surface area (Å²) in [6.45, 7) is 2.93. The molecule has 0 saturated carbocycles. The van der Waals surface area contributed by atoms with Gasteiger partial charge in [0.1, 0.15) is 0 Å². The summed E-state index contributed by atoms with van der Waals surface area (Å²) in [7, 11) is -0.654. The fraction of sp³-hybridized carbons (Fsp3) is 1.00. The van der Waals surface area contributed by atoms with Crippen molar-refractivity contribution in [3.05, 3.63) is 0 Å². The minimum Gasteiger partial charge on any atom is -0.467 e. The summed E-state index contributed by atoms with van der Waals surface area (Å²) >= 11 is 9.35. The molecule has 62 valence electrons. The minimum absolute atomic E-state index is 0.654. The molecule has 0 aliphatic rings. The van der Waals surface area contributed by atoms with E-state index in [0.717, 1.165) is 13.0 Å². The molecule has 1 nitrogen and oxygen atoms in total. The lowest BCUT2D eigenvalue weighted by molar-refractivity contribution is 0.358. The highest BCUT2D eigenvalue weighted by Crippen LogP contribution is 1.98. The average Bonchev–Trinajstić information content (AvgIpc) is 1.87. The van der Waals surface area contributed by atoms with Crippen molar-refractivity contribution in [1.82, 2.24) is 0 Å². The third-order valence-corrected chi connectivity index (χ3v) is 2.11. The molecule has 0 bridgehead atoms. The Hall–Kier alpha value is 0.750. The Labute approximate surface area is 74.2 Å². The molecule has 0 saturated heterocycles. The maximum atomic E-state index is 5.05. The molecule has 0 heterocycles. The smallest absolute Gasteiger partial charge is 0.0233 e. The molecule has 0 spiro atoms. The fourth-order valence-electron chi connectivity index (χ4n) is 0.656. The van der Waals surface area contributed by atoms with Crippen LogP contribution in [-0.2, 0) is 34.9 Å². The van der Waals surface area contributed by atoms with Gasteiger partial charge in [-0.3, -0.25) is 0 Å². The van der Waals surface area contributed by atoms with Gasteiger partial charge in [0.2, 0.25) is 0 Å². The highest BCUT2D eigenvalue weighted by atomic mass is 33.1. The molecule has 0 fully saturated rings. The molecule has 0 aliphatic heterocycles. The second kappa shape index (κ2) is 7.85. The third kappa shape index (κ3) is 8.75. The first kappa shape index (κ1) is 10.8. The molecule has 10 heavy (non-hydrogen) atoms. The van der Waals surface area contributed by atoms with Gasteiger partial charge in [0.05, 0.1) is 0 Å². The van der Waals surface area contributed by atoms with Crippen LogP contribution in [0.4, 0.5) is 0 Å². The Bertz CT molecular complexity index is 123. The third-order valence-electron chi connectivity index (χ3n) is 1.18. The van der Waals surface area contributed by atoms with Crippen LogP contribution in [0.2, 0.25) is 0 Å². The van der Waals surface area contributed by atoms with E-state index in [2.05, 4.69) is 29.3 Å². The molecule has 0 atom stereocenters. The van der Waals surface area contributed by atoms with Crippen LogP contribution in [0.3, 0.4) is 0 Å². The number of hydrogen-bond acceptors (Lipinski definition) is 4. The van der Waals surface area contributed by atoms with Crippen molar-refractivity contribution >= 4 is 30.7 Å². The molecule has 0 aromatic carbocycles. The van der Waals surface area contributed by atoms with Crippen LogP contribution < -0.4 is 0 Å². The molecule has 0 aromatic heterocycles. The van der Waals surface area contributed by atoms with Crippen molar-refractivity contribution in [3.63, 3.8) is 0 Å². The van der Waals surface area contributed by atoms with Crippen LogP contribution in [0.1, 0.15) is 32.6 Å². The second-order valence-electron chi connectivity index (χ2n) is 2.09. The molecule has 0 amide bonds. The van der Waals surface area contributed by atoms with E-state index < -0.39 is 8.29 Å². The predicted octanol–water partition coefficient (Wildman–Crippen LogP) is 2.04. The molecule has 4 heteroatoms. The van der Waals surface area contributed by atoms with Gasteiger partial charge in [-0.2, -0.15) is 0 Å². The average molecular weight is 197 g/mol. The number of rotatable bonds is 6. The van der Waals surface area contributed by atoms with Crippen molar-refractivity contribution in [1.29, 1.82) is 0 Å². The van der Waals surface area contributed by atoms with Gasteiger partial charge in [-0.15, -0.1) is 0 Å². The largest absolute Gasteiger partial charge is 0.467 e. The van der Waals surface area contributed by atoms with E-state index in [1.165, 1.54) is 19.3 Å². The molecular weight excluding hydrogens is 184 g/mol. The van der Waals surface area contributed by atoms with E-state index in [4.69, 9.17) is 4.18 Å². The standard InChI is InChI=1S/C6H13OS3/c1-2-3-4-5-6-7-10(8)9/h2-6H2,1H3/q-1. The molecular formula is C6H13OS3-. The zero-order chi connectivity index (χ0) is 7.82. The summed E-state index contributed by atoms with van der Waals surface area (Å²) in [5.41, 5.74) is 0. The lowest BCUT2D eigenvalue weighted by atomic mass is 10.2. The van der Waals surface area contributed by atoms with Crippen LogP contribution in [0, 0.1) is 0 Å². The van der Waals surface area contributed by atoms with Crippen molar-refractivity contribution in [2.45, 2.75) is 32.6 Å². The fourth-order valence-corrected chi connectivity index (χ4v) is 1.32. The molecule has 0 aromatic rings. The summed E-state index contributed by atoms with van der Waals surface area (Å²) in [5.74, 6) is 0. The lowest BCUT2D eigenvalue weighted by Gasteiger charge is -2.05. The Kier molecular flexibility index (Phi) is 8.44. The SMILES string of the molecule is CCCCCCO[S-](=S)=S. The van der Waals surface area contributed by atoms with Gasteiger partial charge in [0, 0.05) is 6.61 Å². The summed E-state index contributed by atoms with van der Waals surface area (Å²) in [5, 5.41) is 0. The van der Waals surface area contributed by atoms with Gasteiger partial charge < -0.3 is 4.18 Å². The van der Waals surface area contributed by atoms with Crippen LogP contribution >= 0.6 is 0 Å². The van der Waals surface area contributed by atoms with Gasteiger partial charge in [-0.05, 0) is 6.42 Å². The van der Waals surface area contributed by atoms with E-state index in [1.807, 2.05) is 0 Å². The van der Waals surface area contributed by atoms with Gasteiger partial charge in [-0.1, -0.05) is 26.2 Å². The highest BCUT2D eigenvalue weighted by Gasteiger charge is 1.83. The van der Waals surface area contributed by atoms with Crippen LogP contribution in [0.5, 0.6) is 0 Å². The first-order valence-corrected chi connectivity index (χ1v) is 6.50. The van der Waals surface area contributed by atoms with Gasteiger partial charge in [-0.25, -0.2) is 30.7 Å². The van der Waals surface area contributed by atoms with Crippen molar-refractivity contribution in [3.8, 4) is 0 Å². The quantitative estimate of drug-likeness (QED) is 0.476. The monoisotopic (exact) mass is 197 g/mol. The Morgan fingerprint density at radius 3 is 2.40 bits per heavy atom. The summed E-state index contributed by atoms with van der Waals surface area (Å²) < 4.78 is 5.05. The molecule has 0 aliphatic carbocycles. The lowest BCUT2D eigenvalue weighted by Crippen LogP contribution is -1.89. The number of hydrogen-bond donors (Lipinski definition) is 0. The van der Waals surface area contributed by atoms with E-state index >= 15 is 0 Å². The number of unbranched alkanes of at least 4 members (excludes halogenated alkanes) is 3. The Morgan fingerprint density at radius 1 is 1.20 bits per heavy atom. The van der Waals surface area contributed by atoms with E-state index in [0.29, 0.717) is 0 Å². The predicted molar refractivity (Wildman–Crippen MR) is 52.2 cm³/mol. The highest BCUT2D eigenvalue weighted by molar-refractivity contribution is 8.44. The maximum Gasteiger partial charge on any atom is 0.0233 e. The van der Waals surface area contributed by atoms with Crippen molar-refractivity contribution in [2.75, 3.05) is 6.61 Å². The zero-order valence-electron chi connectivity index (χ0n) is 6.17. The first-order valence-electron chi connectivity index (χ1n) is 3.50. The van der Waals surface area contributed by atoms with E-state index in [-0.39, 0.29) is 0 Å². The zero-order valence-corrected chi connectivity index (χ0v) is 8.62. The molecule has 0 N–H and O–H groups in total. The second-order valence-corrected chi connectivity index (χ2v) is 5.18. The van der Waals surface area contributed by atoms with Crippen molar-refractivity contribution in [2.24, 2.45) is 0 Å². The Morgan fingerprint density at radius 2 is 1.90 bits per heavy atom. The van der Waals surface area contributed by atoms with Gasteiger partial charge in [0.25, 0.3) is 0 Å². The van der Waals surface area contributed by atoms with E-state index in [1.54, 1.807) is 0 Å². The molecule has 0 rings (SSSR count). The maximum absolute atomic E-state index is 5.05. The topological polar surface area (TPSA) is 9.23 Å². The van der Waals surface area contributed by atoms with E-state index in [9.17, 15) is 0 Å². The van der Waals surface area contributed by atoms with Gasteiger partial charge >= 0.3 is 0 Å². The molecule has 0 radical (unpaired) electrons. The Balaban J connectivity index is 2.91. The van der Waals surface area contributed by atoms with Crippen LogP contribution in [-0.4, -0.2) is 6.61 Å². The summed E-state index contributed by atoms with van der Waals surface area (Å²) in [6.07, 6.45) is 4.88. The van der Waals surface area contributed by atoms with Gasteiger partial charge in [0.15, 0.2) is 0 Å². The first-order chi connectivity index (χ1) is 4.77. The van der Waals surface area contributed by atoms with Crippen molar-refractivity contribution < 1.29 is 4.18 Å². The summed E-state index contributed by atoms with van der Waals surface area (Å²) in [6, 6.07) is 0. The van der Waals surface area contributed by atoms with Crippen LogP contribution in [0.25, 0.3) is 0 Å². The van der Waals surface area contributed by atoms with Crippen LogP contribution in [0.15, 0.2) is 0 Å².